The highest BCUT2D eigenvalue weighted by Gasteiger charge is 2.23. The number of likely N-dealkylation sites (N-methyl/N-ethyl adjacent to an activating group) is 1. The van der Waals surface area contributed by atoms with Crippen LogP contribution >= 0.6 is 11.3 Å². The minimum Gasteiger partial charge on any atom is -0.374 e. The average Bonchev–Trinajstić information content (AvgIpc) is 2.87. The highest BCUT2D eigenvalue weighted by molar-refractivity contribution is 7.91. The molecule has 21 heavy (non-hydrogen) atoms. The standard InChI is InChI=1S/C13H23N3O3S2/c1-3-16-4-5-19-11(9-16)8-15-21(17,18)13-6-10(2)12(7-14)20-13/h6,11,15H,3-5,7-9,14H2,1-2H3. The summed E-state index contributed by atoms with van der Waals surface area (Å²) in [4.78, 5) is 3.16. The maximum Gasteiger partial charge on any atom is 0.250 e. The SMILES string of the molecule is CCN1CCOC(CNS(=O)(=O)c2cc(C)c(CN)s2)C1. The number of nitrogens with zero attached hydrogens (tertiary/aromatic N) is 1. The van der Waals surface area contributed by atoms with E-state index in [1.54, 1.807) is 6.07 Å². The van der Waals surface area contributed by atoms with E-state index in [0.29, 0.717) is 23.9 Å². The normalized spacial score (nSPS) is 20.8. The molecule has 2 rings (SSSR count). The van der Waals surface area contributed by atoms with Crippen LogP contribution in [0.2, 0.25) is 0 Å². The Morgan fingerprint density at radius 2 is 2.33 bits per heavy atom. The molecule has 1 fully saturated rings. The van der Waals surface area contributed by atoms with Crippen molar-refractivity contribution < 1.29 is 13.2 Å². The predicted molar refractivity (Wildman–Crippen MR) is 84.0 cm³/mol. The summed E-state index contributed by atoms with van der Waals surface area (Å²) in [6.07, 6.45) is -0.0940. The van der Waals surface area contributed by atoms with Gasteiger partial charge in [0.2, 0.25) is 10.0 Å². The Labute approximate surface area is 130 Å². The summed E-state index contributed by atoms with van der Waals surface area (Å²) in [6, 6.07) is 1.68. The van der Waals surface area contributed by atoms with Gasteiger partial charge in [0, 0.05) is 31.1 Å². The molecule has 1 aliphatic heterocycles. The zero-order valence-electron chi connectivity index (χ0n) is 12.5. The van der Waals surface area contributed by atoms with Crippen LogP contribution in [0.15, 0.2) is 10.3 Å². The number of ether oxygens (including phenoxy) is 1. The van der Waals surface area contributed by atoms with Crippen LogP contribution in [-0.2, 0) is 21.3 Å². The Balaban J connectivity index is 1.97. The summed E-state index contributed by atoms with van der Waals surface area (Å²) >= 11 is 1.23. The van der Waals surface area contributed by atoms with Crippen LogP contribution in [0.3, 0.4) is 0 Å². The van der Waals surface area contributed by atoms with Gasteiger partial charge in [-0.1, -0.05) is 6.92 Å². The molecule has 0 radical (unpaired) electrons. The number of thiophene rings is 1. The van der Waals surface area contributed by atoms with Crippen molar-refractivity contribution >= 4 is 21.4 Å². The zero-order chi connectivity index (χ0) is 15.5. The molecular weight excluding hydrogens is 310 g/mol. The van der Waals surface area contributed by atoms with Crippen molar-refractivity contribution in [3.8, 4) is 0 Å². The Morgan fingerprint density at radius 1 is 1.57 bits per heavy atom. The monoisotopic (exact) mass is 333 g/mol. The topological polar surface area (TPSA) is 84.7 Å². The number of nitrogens with two attached hydrogens (primary N) is 1. The van der Waals surface area contributed by atoms with E-state index < -0.39 is 10.0 Å². The summed E-state index contributed by atoms with van der Waals surface area (Å²) in [6.45, 7) is 7.90. The highest BCUT2D eigenvalue weighted by atomic mass is 32.2. The van der Waals surface area contributed by atoms with E-state index in [0.717, 1.165) is 30.1 Å². The van der Waals surface area contributed by atoms with Crippen LogP contribution in [0.1, 0.15) is 17.4 Å². The number of aryl methyl sites for hydroxylation is 1. The van der Waals surface area contributed by atoms with Gasteiger partial charge in [0.15, 0.2) is 0 Å². The molecule has 6 nitrogen and oxygen atoms in total. The van der Waals surface area contributed by atoms with Crippen molar-refractivity contribution in [1.29, 1.82) is 0 Å². The first-order chi connectivity index (χ1) is 9.96. The fraction of sp³-hybridized carbons (Fsp3) is 0.692. The van der Waals surface area contributed by atoms with E-state index in [1.165, 1.54) is 11.3 Å². The number of hydrogen-bond donors (Lipinski definition) is 2. The van der Waals surface area contributed by atoms with Crippen LogP contribution in [0.4, 0.5) is 0 Å². The second-order valence-corrected chi connectivity index (χ2v) is 8.24. The lowest BCUT2D eigenvalue weighted by molar-refractivity contribution is -0.0229. The van der Waals surface area contributed by atoms with E-state index in [2.05, 4.69) is 16.5 Å². The largest absolute Gasteiger partial charge is 0.374 e. The van der Waals surface area contributed by atoms with Crippen molar-refractivity contribution in [2.45, 2.75) is 30.7 Å². The molecule has 0 aliphatic carbocycles. The first-order valence-corrected chi connectivity index (χ1v) is 9.39. The quantitative estimate of drug-likeness (QED) is 0.792. The second kappa shape index (κ2) is 7.17. The minimum absolute atomic E-state index is 0.0940. The molecule has 0 amide bonds. The van der Waals surface area contributed by atoms with Gasteiger partial charge in [0.25, 0.3) is 0 Å². The van der Waals surface area contributed by atoms with Gasteiger partial charge in [-0.3, -0.25) is 4.90 Å². The molecule has 1 atom stereocenters. The van der Waals surface area contributed by atoms with Gasteiger partial charge in [-0.15, -0.1) is 11.3 Å². The molecule has 0 bridgehead atoms. The van der Waals surface area contributed by atoms with Crippen LogP contribution in [-0.4, -0.2) is 52.2 Å². The molecule has 0 spiro atoms. The average molecular weight is 333 g/mol. The molecule has 8 heteroatoms. The fourth-order valence-electron chi connectivity index (χ4n) is 2.29. The molecule has 120 valence electrons. The van der Waals surface area contributed by atoms with Crippen molar-refractivity contribution in [2.75, 3.05) is 32.8 Å². The molecule has 3 N–H and O–H groups in total. The van der Waals surface area contributed by atoms with Gasteiger partial charge in [0.05, 0.1) is 12.7 Å². The zero-order valence-corrected chi connectivity index (χ0v) is 14.1. The molecule has 0 saturated carbocycles. The van der Waals surface area contributed by atoms with E-state index in [-0.39, 0.29) is 6.10 Å². The third-order valence-electron chi connectivity index (χ3n) is 3.62. The third kappa shape index (κ3) is 4.24. The van der Waals surface area contributed by atoms with Gasteiger partial charge in [-0.05, 0) is 25.1 Å². The van der Waals surface area contributed by atoms with Crippen molar-refractivity contribution in [2.24, 2.45) is 5.73 Å². The number of sulfonamides is 1. The first kappa shape index (κ1) is 16.9. The van der Waals surface area contributed by atoms with E-state index >= 15 is 0 Å². The third-order valence-corrected chi connectivity index (χ3v) is 6.78. The summed E-state index contributed by atoms with van der Waals surface area (Å²) < 4.78 is 33.2. The fourth-order valence-corrected chi connectivity index (χ4v) is 4.87. The van der Waals surface area contributed by atoms with Gasteiger partial charge in [0.1, 0.15) is 4.21 Å². The molecular formula is C13H23N3O3S2. The highest BCUT2D eigenvalue weighted by Crippen LogP contribution is 2.25. The summed E-state index contributed by atoms with van der Waals surface area (Å²) in [7, 11) is -3.48. The lowest BCUT2D eigenvalue weighted by atomic mass is 10.3. The van der Waals surface area contributed by atoms with Gasteiger partial charge in [-0.2, -0.15) is 0 Å². The molecule has 0 aromatic carbocycles. The van der Waals surface area contributed by atoms with Crippen molar-refractivity contribution in [3.05, 3.63) is 16.5 Å². The minimum atomic E-state index is -3.48. The number of hydrogen-bond acceptors (Lipinski definition) is 6. The number of morpholine rings is 1. The number of nitrogens with one attached hydrogen (secondary N) is 1. The Kier molecular flexibility index (Phi) is 5.75. The van der Waals surface area contributed by atoms with Crippen LogP contribution < -0.4 is 10.5 Å². The molecule has 1 aliphatic rings. The van der Waals surface area contributed by atoms with E-state index in [1.807, 2.05) is 6.92 Å². The molecule has 1 aromatic heterocycles. The molecule has 2 heterocycles. The molecule has 1 aromatic rings. The van der Waals surface area contributed by atoms with Crippen LogP contribution in [0.25, 0.3) is 0 Å². The Bertz CT molecular complexity index is 571. The second-order valence-electron chi connectivity index (χ2n) is 5.11. The van der Waals surface area contributed by atoms with Crippen molar-refractivity contribution in [1.82, 2.24) is 9.62 Å². The van der Waals surface area contributed by atoms with Crippen LogP contribution in [0, 0.1) is 6.92 Å². The van der Waals surface area contributed by atoms with Gasteiger partial charge in [-0.25, -0.2) is 13.1 Å². The molecule has 1 unspecified atom stereocenters. The van der Waals surface area contributed by atoms with Crippen molar-refractivity contribution in [3.63, 3.8) is 0 Å². The van der Waals surface area contributed by atoms with E-state index in [9.17, 15) is 8.42 Å². The smallest absolute Gasteiger partial charge is 0.250 e. The van der Waals surface area contributed by atoms with Crippen LogP contribution in [0.5, 0.6) is 0 Å². The predicted octanol–water partition coefficient (Wildman–Crippen LogP) is 0.514. The van der Waals surface area contributed by atoms with Gasteiger partial charge < -0.3 is 10.5 Å². The Morgan fingerprint density at radius 3 is 2.95 bits per heavy atom. The first-order valence-electron chi connectivity index (χ1n) is 7.09. The van der Waals surface area contributed by atoms with E-state index in [4.69, 9.17) is 10.5 Å². The summed E-state index contributed by atoms with van der Waals surface area (Å²) in [5.41, 5.74) is 6.52. The molecule has 1 saturated heterocycles. The Hall–Kier alpha value is -0.510. The summed E-state index contributed by atoms with van der Waals surface area (Å²) in [5, 5.41) is 0. The lowest BCUT2D eigenvalue weighted by Crippen LogP contribution is -2.47. The number of rotatable bonds is 6. The lowest BCUT2D eigenvalue weighted by Gasteiger charge is -2.32. The maximum atomic E-state index is 12.3. The van der Waals surface area contributed by atoms with Gasteiger partial charge >= 0.3 is 0 Å². The maximum absolute atomic E-state index is 12.3. The summed E-state index contributed by atoms with van der Waals surface area (Å²) in [5.74, 6) is 0.